The van der Waals surface area contributed by atoms with Crippen LogP contribution in [0.2, 0.25) is 0 Å². The molecule has 0 radical (unpaired) electrons. The number of nitrogens with one attached hydrogen (secondary N) is 2. The number of nitrogens with zero attached hydrogens (tertiary/aromatic N) is 1. The average molecular weight is 391 g/mol. The largest absolute Gasteiger partial charge is 0.354 e. The Morgan fingerprint density at radius 2 is 1.86 bits per heavy atom. The molecule has 1 aliphatic carbocycles. The van der Waals surface area contributed by atoms with Gasteiger partial charge >= 0.3 is 6.03 Å². The molecule has 0 aromatic heterocycles. The zero-order valence-electron chi connectivity index (χ0n) is 16.5. The minimum Gasteiger partial charge on any atom is -0.354 e. The fourth-order valence-corrected chi connectivity index (χ4v) is 4.32. The van der Waals surface area contributed by atoms with Gasteiger partial charge in [-0.25, -0.2) is 4.79 Å². The number of amides is 4. The van der Waals surface area contributed by atoms with E-state index >= 15 is 0 Å². The van der Waals surface area contributed by atoms with E-state index in [0.29, 0.717) is 13.0 Å². The van der Waals surface area contributed by atoms with Crippen LogP contribution in [0.3, 0.4) is 0 Å². The van der Waals surface area contributed by atoms with Gasteiger partial charge in [-0.15, -0.1) is 0 Å². The number of rotatable bonds is 5. The predicted molar refractivity (Wildman–Crippen MR) is 109 cm³/mol. The molecule has 2 aromatic carbocycles. The third-order valence-corrected chi connectivity index (χ3v) is 5.93. The van der Waals surface area contributed by atoms with Crippen LogP contribution in [-0.2, 0) is 21.5 Å². The summed E-state index contributed by atoms with van der Waals surface area (Å²) in [4.78, 5) is 39.3. The lowest BCUT2D eigenvalue weighted by atomic mass is 9.76. The van der Waals surface area contributed by atoms with Crippen molar-refractivity contribution in [3.63, 3.8) is 0 Å². The molecule has 29 heavy (non-hydrogen) atoms. The van der Waals surface area contributed by atoms with Crippen LogP contribution in [0, 0.1) is 0 Å². The standard InChI is InChI=1S/C23H25N3O3/c1-16(17-8-3-2-4-9-17)14-24-20(27)15-26-21(28)23(25-22(26)29)13-7-11-18-10-5-6-12-19(18)23/h2-6,8-10,12,16H,7,11,13-15H2,1H3,(H,24,27)(H,25,29)/t16-,23+/m1/s1. The first-order valence-corrected chi connectivity index (χ1v) is 10.1. The van der Waals surface area contributed by atoms with Crippen LogP contribution in [0.15, 0.2) is 54.6 Å². The fourth-order valence-electron chi connectivity index (χ4n) is 4.32. The summed E-state index contributed by atoms with van der Waals surface area (Å²) in [5.41, 5.74) is 2.02. The Bertz CT molecular complexity index is 943. The summed E-state index contributed by atoms with van der Waals surface area (Å²) < 4.78 is 0. The summed E-state index contributed by atoms with van der Waals surface area (Å²) in [7, 11) is 0. The molecule has 6 nitrogen and oxygen atoms in total. The molecule has 1 heterocycles. The van der Waals surface area contributed by atoms with Crippen molar-refractivity contribution in [3.8, 4) is 0 Å². The third kappa shape index (κ3) is 3.50. The lowest BCUT2D eigenvalue weighted by molar-refractivity contribution is -0.135. The number of aryl methyl sites for hydroxylation is 1. The molecule has 1 aliphatic heterocycles. The summed E-state index contributed by atoms with van der Waals surface area (Å²) in [5.74, 6) is -0.529. The van der Waals surface area contributed by atoms with E-state index in [9.17, 15) is 14.4 Å². The monoisotopic (exact) mass is 391 g/mol. The highest BCUT2D eigenvalue weighted by atomic mass is 16.2. The SMILES string of the molecule is C[C@H](CNC(=O)CN1C(=O)N[C@]2(CCCc3ccccc32)C1=O)c1ccccc1. The van der Waals surface area contributed by atoms with Gasteiger partial charge in [0.1, 0.15) is 12.1 Å². The Labute approximate surface area is 170 Å². The molecule has 4 rings (SSSR count). The first kappa shape index (κ1) is 19.2. The Morgan fingerprint density at radius 1 is 1.14 bits per heavy atom. The maximum atomic E-state index is 13.2. The normalized spacial score (nSPS) is 21.6. The van der Waals surface area contributed by atoms with Gasteiger partial charge < -0.3 is 10.6 Å². The number of benzene rings is 2. The number of hydrogen-bond acceptors (Lipinski definition) is 3. The Kier molecular flexibility index (Phi) is 5.09. The molecule has 1 saturated heterocycles. The van der Waals surface area contributed by atoms with Gasteiger partial charge in [-0.2, -0.15) is 0 Å². The number of imide groups is 1. The Balaban J connectivity index is 1.43. The molecule has 2 atom stereocenters. The summed E-state index contributed by atoms with van der Waals surface area (Å²) in [6, 6.07) is 17.1. The van der Waals surface area contributed by atoms with E-state index < -0.39 is 11.6 Å². The molecule has 2 aromatic rings. The van der Waals surface area contributed by atoms with Gasteiger partial charge in [0.25, 0.3) is 5.91 Å². The zero-order valence-corrected chi connectivity index (χ0v) is 16.5. The second-order valence-corrected chi connectivity index (χ2v) is 7.85. The molecule has 2 aliphatic rings. The van der Waals surface area contributed by atoms with Crippen LogP contribution in [0.5, 0.6) is 0 Å². The van der Waals surface area contributed by atoms with Gasteiger partial charge in [-0.05, 0) is 41.9 Å². The third-order valence-electron chi connectivity index (χ3n) is 5.93. The Morgan fingerprint density at radius 3 is 2.66 bits per heavy atom. The highest BCUT2D eigenvalue weighted by Gasteiger charge is 2.54. The van der Waals surface area contributed by atoms with Gasteiger partial charge in [-0.3, -0.25) is 14.5 Å². The van der Waals surface area contributed by atoms with Crippen molar-refractivity contribution in [2.24, 2.45) is 0 Å². The van der Waals surface area contributed by atoms with Crippen LogP contribution in [0.4, 0.5) is 4.79 Å². The first-order chi connectivity index (χ1) is 14.0. The topological polar surface area (TPSA) is 78.5 Å². The lowest BCUT2D eigenvalue weighted by Crippen LogP contribution is -2.47. The van der Waals surface area contributed by atoms with E-state index in [1.54, 1.807) is 0 Å². The second kappa shape index (κ2) is 7.70. The second-order valence-electron chi connectivity index (χ2n) is 7.85. The number of carbonyl (C=O) groups is 3. The van der Waals surface area contributed by atoms with E-state index in [2.05, 4.69) is 10.6 Å². The first-order valence-electron chi connectivity index (χ1n) is 10.1. The van der Waals surface area contributed by atoms with Crippen LogP contribution < -0.4 is 10.6 Å². The molecular weight excluding hydrogens is 366 g/mol. The minimum atomic E-state index is -1.04. The van der Waals surface area contributed by atoms with Crippen molar-refractivity contribution in [1.82, 2.24) is 15.5 Å². The van der Waals surface area contributed by atoms with Gasteiger partial charge in [-0.1, -0.05) is 61.5 Å². The van der Waals surface area contributed by atoms with Crippen molar-refractivity contribution >= 4 is 17.8 Å². The molecule has 6 heteroatoms. The summed E-state index contributed by atoms with van der Waals surface area (Å²) >= 11 is 0. The summed E-state index contributed by atoms with van der Waals surface area (Å²) in [5, 5.41) is 5.73. The van der Waals surface area contributed by atoms with E-state index in [4.69, 9.17) is 0 Å². The fraction of sp³-hybridized carbons (Fsp3) is 0.348. The number of carbonyl (C=O) groups excluding carboxylic acids is 3. The van der Waals surface area contributed by atoms with Crippen LogP contribution in [-0.4, -0.2) is 35.8 Å². The molecule has 0 saturated carbocycles. The molecular formula is C23H25N3O3. The van der Waals surface area contributed by atoms with E-state index in [0.717, 1.165) is 34.4 Å². The van der Waals surface area contributed by atoms with Crippen molar-refractivity contribution in [1.29, 1.82) is 0 Å². The molecule has 1 fully saturated rings. The number of hydrogen-bond donors (Lipinski definition) is 2. The summed E-state index contributed by atoms with van der Waals surface area (Å²) in [6.45, 7) is 2.20. The minimum absolute atomic E-state index is 0.139. The highest BCUT2D eigenvalue weighted by molar-refractivity contribution is 6.09. The van der Waals surface area contributed by atoms with Gasteiger partial charge in [0, 0.05) is 6.54 Å². The predicted octanol–water partition coefficient (Wildman–Crippen LogP) is 2.69. The molecule has 1 spiro atoms. The molecule has 2 N–H and O–H groups in total. The van der Waals surface area contributed by atoms with E-state index in [1.165, 1.54) is 0 Å². The van der Waals surface area contributed by atoms with E-state index in [-0.39, 0.29) is 24.3 Å². The van der Waals surface area contributed by atoms with Crippen molar-refractivity contribution in [3.05, 3.63) is 71.3 Å². The van der Waals surface area contributed by atoms with Crippen molar-refractivity contribution in [2.75, 3.05) is 13.1 Å². The van der Waals surface area contributed by atoms with Crippen LogP contribution in [0.1, 0.15) is 42.4 Å². The average Bonchev–Trinajstić information content (AvgIpc) is 2.97. The van der Waals surface area contributed by atoms with Gasteiger partial charge in [0.15, 0.2) is 0 Å². The van der Waals surface area contributed by atoms with Crippen molar-refractivity contribution in [2.45, 2.75) is 37.6 Å². The Hall–Kier alpha value is -3.15. The highest BCUT2D eigenvalue weighted by Crippen LogP contribution is 2.39. The quantitative estimate of drug-likeness (QED) is 0.770. The number of fused-ring (bicyclic) bond motifs is 2. The smallest absolute Gasteiger partial charge is 0.325 e. The molecule has 4 amide bonds. The maximum Gasteiger partial charge on any atom is 0.325 e. The van der Waals surface area contributed by atoms with E-state index in [1.807, 2.05) is 61.5 Å². The molecule has 0 unspecified atom stereocenters. The van der Waals surface area contributed by atoms with Crippen LogP contribution >= 0.6 is 0 Å². The molecule has 150 valence electrons. The molecule has 0 bridgehead atoms. The summed E-state index contributed by atoms with van der Waals surface area (Å²) in [6.07, 6.45) is 2.26. The lowest BCUT2D eigenvalue weighted by Gasteiger charge is -2.33. The van der Waals surface area contributed by atoms with Crippen LogP contribution in [0.25, 0.3) is 0 Å². The zero-order chi connectivity index (χ0) is 20.4. The van der Waals surface area contributed by atoms with Gasteiger partial charge in [0.05, 0.1) is 0 Å². The van der Waals surface area contributed by atoms with Gasteiger partial charge in [0.2, 0.25) is 5.91 Å². The maximum absolute atomic E-state index is 13.2. The van der Waals surface area contributed by atoms with Crippen molar-refractivity contribution < 1.29 is 14.4 Å². The number of urea groups is 1.